The third kappa shape index (κ3) is 4.36. The van der Waals surface area contributed by atoms with Crippen molar-refractivity contribution in [3.8, 4) is 5.75 Å². The summed E-state index contributed by atoms with van der Waals surface area (Å²) in [5.41, 5.74) is 5.85. The molecule has 182 valence electrons. The zero-order valence-corrected chi connectivity index (χ0v) is 22.2. The summed E-state index contributed by atoms with van der Waals surface area (Å²) in [6.45, 7) is 3.88. The molecule has 0 radical (unpaired) electrons. The van der Waals surface area contributed by atoms with Crippen LogP contribution in [0.15, 0.2) is 77.3 Å². The molecule has 0 N–H and O–H groups in total. The first-order chi connectivity index (χ1) is 17.1. The van der Waals surface area contributed by atoms with Crippen molar-refractivity contribution in [1.82, 2.24) is 0 Å². The highest BCUT2D eigenvalue weighted by Crippen LogP contribution is 2.62. The maximum Gasteiger partial charge on any atom is 0.134 e. The maximum absolute atomic E-state index is 6.58. The first-order valence-corrected chi connectivity index (χ1v) is 14.1. The zero-order valence-electron chi connectivity index (χ0n) is 20.6. The van der Waals surface area contributed by atoms with Crippen LogP contribution in [0.1, 0.15) is 67.2 Å². The van der Waals surface area contributed by atoms with Gasteiger partial charge in [-0.3, -0.25) is 0 Å². The summed E-state index contributed by atoms with van der Waals surface area (Å²) in [6.07, 6.45) is 7.86. The molecule has 2 fully saturated rings. The highest BCUT2D eigenvalue weighted by Gasteiger charge is 2.55. The second-order valence-corrected chi connectivity index (χ2v) is 11.8. The van der Waals surface area contributed by atoms with Crippen LogP contribution in [0.2, 0.25) is 0 Å². The van der Waals surface area contributed by atoms with E-state index in [9.17, 15) is 0 Å². The predicted octanol–water partition coefficient (Wildman–Crippen LogP) is 8.47. The molecule has 0 aliphatic heterocycles. The zero-order chi connectivity index (χ0) is 23.8. The molecule has 0 saturated heterocycles. The van der Waals surface area contributed by atoms with Gasteiger partial charge in [0.05, 0.1) is 17.2 Å². The molecule has 0 spiro atoms. The Balaban J connectivity index is 1.17. The van der Waals surface area contributed by atoms with E-state index in [0.29, 0.717) is 24.0 Å². The Morgan fingerprint density at radius 2 is 1.54 bits per heavy atom. The summed E-state index contributed by atoms with van der Waals surface area (Å²) in [7, 11) is 0. The lowest BCUT2D eigenvalue weighted by atomic mass is 9.55. The minimum atomic E-state index is 0.309. The molecule has 3 heteroatoms. The van der Waals surface area contributed by atoms with E-state index >= 15 is 0 Å². The topological polar surface area (TPSA) is 18.5 Å². The van der Waals surface area contributed by atoms with E-state index in [1.807, 2.05) is 6.07 Å². The van der Waals surface area contributed by atoms with Gasteiger partial charge in [-0.2, -0.15) is 0 Å². The number of hydrogen-bond donors (Lipinski definition) is 0. The van der Waals surface area contributed by atoms with Crippen LogP contribution in [-0.2, 0) is 24.4 Å². The Morgan fingerprint density at radius 3 is 2.29 bits per heavy atom. The molecule has 0 bridgehead atoms. The summed E-state index contributed by atoms with van der Waals surface area (Å²) in [4.78, 5) is 0. The number of fused-ring (bicyclic) bond motifs is 5. The molecule has 5 atom stereocenters. The lowest BCUT2D eigenvalue weighted by molar-refractivity contribution is -0.0707. The fraction of sp³-hybridized carbons (Fsp3) is 0.438. The van der Waals surface area contributed by atoms with Crippen molar-refractivity contribution < 1.29 is 9.47 Å². The molecular weight excluding hydrogens is 496 g/mol. The fourth-order valence-electron chi connectivity index (χ4n) is 7.45. The number of rotatable bonds is 6. The van der Waals surface area contributed by atoms with Gasteiger partial charge in [0.2, 0.25) is 0 Å². The van der Waals surface area contributed by atoms with Crippen LogP contribution in [0.25, 0.3) is 0 Å². The Hall–Kier alpha value is -2.10. The minimum Gasteiger partial charge on any atom is -0.488 e. The average molecular weight is 532 g/mol. The van der Waals surface area contributed by atoms with Crippen LogP contribution in [0, 0.1) is 17.3 Å². The molecule has 0 amide bonds. The van der Waals surface area contributed by atoms with Crippen molar-refractivity contribution >= 4 is 15.9 Å². The van der Waals surface area contributed by atoms with Gasteiger partial charge in [-0.05, 0) is 106 Å². The van der Waals surface area contributed by atoms with Crippen molar-refractivity contribution in [3.63, 3.8) is 0 Å². The Bertz CT molecular complexity index is 1160. The van der Waals surface area contributed by atoms with Crippen molar-refractivity contribution in [1.29, 1.82) is 0 Å². The number of halogens is 1. The molecule has 0 unspecified atom stereocenters. The van der Waals surface area contributed by atoms with E-state index in [2.05, 4.69) is 89.6 Å². The van der Waals surface area contributed by atoms with Crippen molar-refractivity contribution in [2.45, 2.75) is 70.7 Å². The molecule has 3 aliphatic rings. The Morgan fingerprint density at radius 1 is 0.829 bits per heavy atom. The van der Waals surface area contributed by atoms with E-state index in [0.717, 1.165) is 30.6 Å². The second kappa shape index (κ2) is 9.75. The van der Waals surface area contributed by atoms with E-state index in [1.165, 1.54) is 53.3 Å². The molecule has 6 rings (SSSR count). The van der Waals surface area contributed by atoms with Gasteiger partial charge in [-0.15, -0.1) is 0 Å². The molecule has 35 heavy (non-hydrogen) atoms. The Kier molecular flexibility index (Phi) is 6.49. The lowest BCUT2D eigenvalue weighted by Gasteiger charge is -2.50. The van der Waals surface area contributed by atoms with Crippen LogP contribution in [0.3, 0.4) is 0 Å². The molecule has 0 heterocycles. The van der Waals surface area contributed by atoms with Gasteiger partial charge in [-0.25, -0.2) is 0 Å². The summed E-state index contributed by atoms with van der Waals surface area (Å²) >= 11 is 3.93. The van der Waals surface area contributed by atoms with Gasteiger partial charge < -0.3 is 9.47 Å². The normalized spacial score (nSPS) is 29.2. The molecule has 3 aromatic carbocycles. The van der Waals surface area contributed by atoms with Crippen LogP contribution < -0.4 is 4.74 Å². The number of benzene rings is 3. The predicted molar refractivity (Wildman–Crippen MR) is 145 cm³/mol. The number of hydrogen-bond acceptors (Lipinski definition) is 2. The summed E-state index contributed by atoms with van der Waals surface area (Å²) < 4.78 is 14.0. The van der Waals surface area contributed by atoms with Gasteiger partial charge >= 0.3 is 0 Å². The average Bonchev–Trinajstić information content (AvgIpc) is 3.24. The van der Waals surface area contributed by atoms with Gasteiger partial charge in [-0.1, -0.05) is 73.7 Å². The molecule has 2 saturated carbocycles. The van der Waals surface area contributed by atoms with Crippen LogP contribution >= 0.6 is 15.9 Å². The third-order valence-corrected chi connectivity index (χ3v) is 10.1. The van der Waals surface area contributed by atoms with Crippen molar-refractivity contribution in [2.24, 2.45) is 17.3 Å². The smallest absolute Gasteiger partial charge is 0.134 e. The van der Waals surface area contributed by atoms with Gasteiger partial charge in [0.1, 0.15) is 12.4 Å². The summed E-state index contributed by atoms with van der Waals surface area (Å²) in [6, 6.07) is 25.6. The van der Waals surface area contributed by atoms with Gasteiger partial charge in [0, 0.05) is 0 Å². The minimum absolute atomic E-state index is 0.309. The third-order valence-electron chi connectivity index (χ3n) is 9.25. The van der Waals surface area contributed by atoms with Crippen LogP contribution in [0.5, 0.6) is 5.75 Å². The summed E-state index contributed by atoms with van der Waals surface area (Å²) in [5, 5.41) is 0. The largest absolute Gasteiger partial charge is 0.488 e. The summed E-state index contributed by atoms with van der Waals surface area (Å²) in [5.74, 6) is 3.18. The molecule has 3 aliphatic carbocycles. The first kappa shape index (κ1) is 23.3. The lowest BCUT2D eigenvalue weighted by Crippen LogP contribution is -2.44. The van der Waals surface area contributed by atoms with Crippen LogP contribution in [-0.4, -0.2) is 6.10 Å². The maximum atomic E-state index is 6.58. The van der Waals surface area contributed by atoms with E-state index in [-0.39, 0.29) is 0 Å². The molecule has 0 aromatic heterocycles. The Labute approximate surface area is 218 Å². The fourth-order valence-corrected chi connectivity index (χ4v) is 8.12. The number of ether oxygens (including phenoxy) is 2. The van der Waals surface area contributed by atoms with Crippen molar-refractivity contribution in [2.75, 3.05) is 0 Å². The van der Waals surface area contributed by atoms with E-state index in [4.69, 9.17) is 9.47 Å². The molecular formula is C32H35BrO2. The highest BCUT2D eigenvalue weighted by molar-refractivity contribution is 9.10. The second-order valence-electron chi connectivity index (χ2n) is 11.0. The van der Waals surface area contributed by atoms with E-state index < -0.39 is 0 Å². The van der Waals surface area contributed by atoms with Gasteiger partial charge in [0.15, 0.2) is 0 Å². The van der Waals surface area contributed by atoms with Crippen LogP contribution in [0.4, 0.5) is 0 Å². The standard InChI is InChI=1S/C32H35BrO2/c1-32-19-18-25-24-14-16-29(34-20-22-8-4-2-5-9-22)31(33)27(24)13-12-26(25)28(32)15-17-30(32)35-21-23-10-6-3-7-11-23/h2-11,14,16,25-26,28,30H,12-13,15,17-21H2,1H3/t25-,26-,28+,30+,32+/m1/s1. The SMILES string of the molecule is C[C@]12CC[C@@H]3c4ccc(OCc5ccccc5)c(Br)c4CC[C@H]3[C@@H]1CC[C@@H]2OCc1ccccc1. The first-order valence-electron chi connectivity index (χ1n) is 13.3. The van der Waals surface area contributed by atoms with Gasteiger partial charge in [0.25, 0.3) is 0 Å². The van der Waals surface area contributed by atoms with Crippen molar-refractivity contribution in [3.05, 3.63) is 99.5 Å². The molecule has 2 nitrogen and oxygen atoms in total. The van der Waals surface area contributed by atoms with E-state index in [1.54, 1.807) is 5.56 Å². The monoisotopic (exact) mass is 530 g/mol. The molecule has 3 aromatic rings. The highest BCUT2D eigenvalue weighted by atomic mass is 79.9. The quantitative estimate of drug-likeness (QED) is 0.318.